The summed E-state index contributed by atoms with van der Waals surface area (Å²) in [6.45, 7) is 3.86. The predicted molar refractivity (Wildman–Crippen MR) is 99.9 cm³/mol. The number of aromatic nitrogens is 2. The second kappa shape index (κ2) is 8.26. The fourth-order valence-electron chi connectivity index (χ4n) is 2.65. The van der Waals surface area contributed by atoms with Crippen molar-refractivity contribution in [3.63, 3.8) is 0 Å². The smallest absolute Gasteiger partial charge is 0.271 e. The van der Waals surface area contributed by atoms with Gasteiger partial charge in [-0.1, -0.05) is 22.0 Å². The summed E-state index contributed by atoms with van der Waals surface area (Å²) < 4.78 is 6.49. The number of hydrogen-bond acceptors (Lipinski definition) is 6. The van der Waals surface area contributed by atoms with Crippen molar-refractivity contribution in [2.24, 2.45) is 0 Å². The van der Waals surface area contributed by atoms with E-state index in [0.717, 1.165) is 30.8 Å². The molecule has 0 atom stereocenters. The molecule has 1 fully saturated rings. The van der Waals surface area contributed by atoms with Crippen LogP contribution in [0, 0.1) is 0 Å². The number of carbonyl (C=O) groups is 1. The number of morpholine rings is 1. The van der Waals surface area contributed by atoms with Crippen molar-refractivity contribution in [3.8, 4) is 0 Å². The largest absolute Gasteiger partial charge is 0.378 e. The lowest BCUT2D eigenvalue weighted by Crippen LogP contribution is -2.36. The summed E-state index contributed by atoms with van der Waals surface area (Å²) in [7, 11) is 1.57. The van der Waals surface area contributed by atoms with Crippen LogP contribution < -0.4 is 15.5 Å². The van der Waals surface area contributed by atoms with E-state index in [1.54, 1.807) is 19.2 Å². The molecule has 2 heterocycles. The van der Waals surface area contributed by atoms with Crippen LogP contribution in [0.2, 0.25) is 0 Å². The zero-order valence-corrected chi connectivity index (χ0v) is 15.5. The molecule has 1 aliphatic heterocycles. The van der Waals surface area contributed by atoms with Crippen LogP contribution in [0.5, 0.6) is 0 Å². The zero-order valence-electron chi connectivity index (χ0n) is 14.0. The third-order valence-electron chi connectivity index (χ3n) is 3.98. The Morgan fingerprint density at radius 3 is 2.72 bits per heavy atom. The van der Waals surface area contributed by atoms with Gasteiger partial charge in [0.05, 0.1) is 13.2 Å². The van der Waals surface area contributed by atoms with E-state index < -0.39 is 0 Å². The van der Waals surface area contributed by atoms with Crippen LogP contribution in [0.4, 0.5) is 11.5 Å². The lowest BCUT2D eigenvalue weighted by atomic mass is 10.1. The van der Waals surface area contributed by atoms with Gasteiger partial charge in [-0.2, -0.15) is 0 Å². The Kier molecular flexibility index (Phi) is 5.83. The number of carbonyl (C=O) groups excluding carboxylic acids is 1. The molecule has 0 aliphatic carbocycles. The number of rotatable bonds is 5. The number of benzene rings is 1. The van der Waals surface area contributed by atoms with E-state index >= 15 is 0 Å². The molecule has 1 amide bonds. The minimum atomic E-state index is -0.249. The molecule has 3 rings (SSSR count). The van der Waals surface area contributed by atoms with E-state index in [0.29, 0.717) is 18.1 Å². The first-order chi connectivity index (χ1) is 12.2. The maximum Gasteiger partial charge on any atom is 0.271 e. The van der Waals surface area contributed by atoms with Gasteiger partial charge in [0.2, 0.25) is 0 Å². The molecule has 0 radical (unpaired) electrons. The topological polar surface area (TPSA) is 79.4 Å². The van der Waals surface area contributed by atoms with Crippen LogP contribution in [0.3, 0.4) is 0 Å². The van der Waals surface area contributed by atoms with Gasteiger partial charge in [-0.05, 0) is 29.8 Å². The van der Waals surface area contributed by atoms with Crippen molar-refractivity contribution >= 4 is 33.3 Å². The molecular formula is C17H20BrN5O2. The molecule has 7 nitrogen and oxygen atoms in total. The lowest BCUT2D eigenvalue weighted by Gasteiger charge is -2.31. The molecule has 1 aromatic carbocycles. The standard InChI is InChI=1S/C17H20BrN5O2/c1-19-17(24)14-4-5-16(22-21-14)20-11-12-2-3-13(18)10-15(12)23-6-8-25-9-7-23/h2-5,10H,6-9,11H2,1H3,(H,19,24)(H,20,22). The van der Waals surface area contributed by atoms with Crippen molar-refractivity contribution in [3.05, 3.63) is 46.1 Å². The number of nitrogens with one attached hydrogen (secondary N) is 2. The molecule has 0 unspecified atom stereocenters. The van der Waals surface area contributed by atoms with Gasteiger partial charge in [-0.15, -0.1) is 10.2 Å². The highest BCUT2D eigenvalue weighted by atomic mass is 79.9. The number of nitrogens with zero attached hydrogens (tertiary/aromatic N) is 3. The van der Waals surface area contributed by atoms with Crippen LogP contribution in [-0.2, 0) is 11.3 Å². The van der Waals surface area contributed by atoms with Crippen molar-refractivity contribution in [2.75, 3.05) is 43.6 Å². The summed E-state index contributed by atoms with van der Waals surface area (Å²) in [6, 6.07) is 9.65. The summed E-state index contributed by atoms with van der Waals surface area (Å²) in [4.78, 5) is 13.8. The van der Waals surface area contributed by atoms with Crippen LogP contribution in [0.25, 0.3) is 0 Å². The van der Waals surface area contributed by atoms with Gasteiger partial charge in [-0.25, -0.2) is 0 Å². The third-order valence-corrected chi connectivity index (χ3v) is 4.48. The fraction of sp³-hybridized carbons (Fsp3) is 0.353. The minimum absolute atomic E-state index is 0.249. The Morgan fingerprint density at radius 2 is 2.04 bits per heavy atom. The SMILES string of the molecule is CNC(=O)c1ccc(NCc2ccc(Br)cc2N2CCOCC2)nn1. The zero-order chi connectivity index (χ0) is 17.6. The molecule has 132 valence electrons. The molecule has 0 saturated carbocycles. The highest BCUT2D eigenvalue weighted by molar-refractivity contribution is 9.10. The van der Waals surface area contributed by atoms with Crippen molar-refractivity contribution in [1.82, 2.24) is 15.5 Å². The Hall–Kier alpha value is -2.19. The highest BCUT2D eigenvalue weighted by Gasteiger charge is 2.15. The first-order valence-electron chi connectivity index (χ1n) is 8.08. The molecule has 0 spiro atoms. The van der Waals surface area contributed by atoms with Crippen molar-refractivity contribution < 1.29 is 9.53 Å². The average molecular weight is 406 g/mol. The number of hydrogen-bond donors (Lipinski definition) is 2. The van der Waals surface area contributed by atoms with Crippen LogP contribution in [-0.4, -0.2) is 49.5 Å². The van der Waals surface area contributed by atoms with Crippen molar-refractivity contribution in [1.29, 1.82) is 0 Å². The van der Waals surface area contributed by atoms with E-state index in [2.05, 4.69) is 53.8 Å². The van der Waals surface area contributed by atoms with Gasteiger partial charge < -0.3 is 20.3 Å². The molecular weight excluding hydrogens is 386 g/mol. The summed E-state index contributed by atoms with van der Waals surface area (Å²) in [6.07, 6.45) is 0. The number of ether oxygens (including phenoxy) is 1. The van der Waals surface area contributed by atoms with E-state index in [9.17, 15) is 4.79 Å². The second-order valence-corrected chi connectivity index (χ2v) is 6.52. The molecule has 1 aromatic heterocycles. The Labute approximate surface area is 154 Å². The maximum atomic E-state index is 11.5. The van der Waals surface area contributed by atoms with Crippen LogP contribution >= 0.6 is 15.9 Å². The number of halogens is 1. The maximum absolute atomic E-state index is 11.5. The van der Waals surface area contributed by atoms with E-state index in [4.69, 9.17) is 4.74 Å². The van der Waals surface area contributed by atoms with E-state index in [-0.39, 0.29) is 5.91 Å². The Balaban J connectivity index is 1.71. The fourth-order valence-corrected chi connectivity index (χ4v) is 3.00. The van der Waals surface area contributed by atoms with Crippen LogP contribution in [0.15, 0.2) is 34.8 Å². The number of amides is 1. The Morgan fingerprint density at radius 1 is 1.24 bits per heavy atom. The molecule has 1 saturated heterocycles. The van der Waals surface area contributed by atoms with Gasteiger partial charge >= 0.3 is 0 Å². The molecule has 2 N–H and O–H groups in total. The normalized spacial score (nSPS) is 14.2. The summed E-state index contributed by atoms with van der Waals surface area (Å²) >= 11 is 3.55. The lowest BCUT2D eigenvalue weighted by molar-refractivity contribution is 0.0957. The summed E-state index contributed by atoms with van der Waals surface area (Å²) in [5.74, 6) is 0.380. The molecule has 1 aliphatic rings. The van der Waals surface area contributed by atoms with Gasteiger partial charge in [0, 0.05) is 36.8 Å². The van der Waals surface area contributed by atoms with Gasteiger partial charge in [0.15, 0.2) is 5.69 Å². The minimum Gasteiger partial charge on any atom is -0.378 e. The summed E-state index contributed by atoms with van der Waals surface area (Å²) in [5.41, 5.74) is 2.65. The monoisotopic (exact) mass is 405 g/mol. The molecule has 25 heavy (non-hydrogen) atoms. The van der Waals surface area contributed by atoms with Gasteiger partial charge in [0.25, 0.3) is 5.91 Å². The molecule has 2 aromatic rings. The highest BCUT2D eigenvalue weighted by Crippen LogP contribution is 2.26. The average Bonchev–Trinajstić information content (AvgIpc) is 2.67. The predicted octanol–water partition coefficient (Wildman–Crippen LogP) is 2.05. The van der Waals surface area contributed by atoms with Crippen molar-refractivity contribution in [2.45, 2.75) is 6.54 Å². The first-order valence-corrected chi connectivity index (χ1v) is 8.87. The van der Waals surface area contributed by atoms with Gasteiger partial charge in [0.1, 0.15) is 5.82 Å². The van der Waals surface area contributed by atoms with E-state index in [1.807, 2.05) is 6.07 Å². The quantitative estimate of drug-likeness (QED) is 0.792. The first kappa shape index (κ1) is 17.6. The van der Waals surface area contributed by atoms with Crippen LogP contribution in [0.1, 0.15) is 16.1 Å². The summed E-state index contributed by atoms with van der Waals surface area (Å²) in [5, 5.41) is 13.8. The van der Waals surface area contributed by atoms with E-state index in [1.165, 1.54) is 11.3 Å². The second-order valence-electron chi connectivity index (χ2n) is 5.61. The third kappa shape index (κ3) is 4.46. The molecule has 0 bridgehead atoms. The Bertz CT molecular complexity index is 732. The van der Waals surface area contributed by atoms with Gasteiger partial charge in [-0.3, -0.25) is 4.79 Å². The number of anilines is 2. The molecule has 8 heteroatoms.